The Morgan fingerprint density at radius 1 is 1.15 bits per heavy atom. The van der Waals surface area contributed by atoms with Crippen LogP contribution in [0.2, 0.25) is 0 Å². The Labute approximate surface area is 124 Å². The summed E-state index contributed by atoms with van der Waals surface area (Å²) in [6.45, 7) is 8.08. The predicted molar refractivity (Wildman–Crippen MR) is 87.1 cm³/mol. The van der Waals surface area contributed by atoms with Crippen molar-refractivity contribution in [1.82, 2.24) is 10.2 Å². The second kappa shape index (κ2) is 7.24. The lowest BCUT2D eigenvalue weighted by atomic mass is 9.95. The van der Waals surface area contributed by atoms with E-state index in [-0.39, 0.29) is 0 Å². The Balaban J connectivity index is 2.07. The van der Waals surface area contributed by atoms with E-state index >= 15 is 0 Å². The molecule has 1 aromatic rings. The topological polar surface area (TPSA) is 15.3 Å². The number of likely N-dealkylation sites (N-methyl/N-ethyl adjacent to an activating group) is 1. The summed E-state index contributed by atoms with van der Waals surface area (Å²) in [5.74, 6) is 0. The van der Waals surface area contributed by atoms with E-state index in [4.69, 9.17) is 0 Å². The van der Waals surface area contributed by atoms with E-state index in [0.717, 1.165) is 13.0 Å². The normalized spacial score (nSPS) is 25.6. The number of nitrogens with one attached hydrogen (secondary N) is 1. The Morgan fingerprint density at radius 3 is 2.25 bits per heavy atom. The van der Waals surface area contributed by atoms with Crippen molar-refractivity contribution in [3.05, 3.63) is 35.4 Å². The molecule has 2 nitrogen and oxygen atoms in total. The van der Waals surface area contributed by atoms with Gasteiger partial charge in [-0.25, -0.2) is 0 Å². The average molecular weight is 274 g/mol. The third-order valence-electron chi connectivity index (χ3n) is 4.91. The van der Waals surface area contributed by atoms with Crippen molar-refractivity contribution in [2.45, 2.75) is 64.6 Å². The van der Waals surface area contributed by atoms with Gasteiger partial charge in [0.05, 0.1) is 0 Å². The minimum Gasteiger partial charge on any atom is -0.312 e. The highest BCUT2D eigenvalue weighted by atomic mass is 15.2. The molecule has 0 amide bonds. The largest absolute Gasteiger partial charge is 0.312 e. The van der Waals surface area contributed by atoms with Crippen molar-refractivity contribution in [3.63, 3.8) is 0 Å². The van der Waals surface area contributed by atoms with Crippen LogP contribution in [0.25, 0.3) is 0 Å². The van der Waals surface area contributed by atoms with Gasteiger partial charge in [0.1, 0.15) is 0 Å². The third-order valence-corrected chi connectivity index (χ3v) is 4.91. The van der Waals surface area contributed by atoms with Crippen molar-refractivity contribution >= 4 is 0 Å². The molecule has 1 fully saturated rings. The lowest BCUT2D eigenvalue weighted by Gasteiger charge is -2.41. The lowest BCUT2D eigenvalue weighted by Crippen LogP contribution is -2.47. The highest BCUT2D eigenvalue weighted by molar-refractivity contribution is 5.25. The van der Waals surface area contributed by atoms with E-state index < -0.39 is 0 Å². The van der Waals surface area contributed by atoms with Gasteiger partial charge in [0.2, 0.25) is 0 Å². The van der Waals surface area contributed by atoms with Gasteiger partial charge >= 0.3 is 0 Å². The van der Waals surface area contributed by atoms with E-state index in [0.29, 0.717) is 18.1 Å². The van der Waals surface area contributed by atoms with E-state index in [1.165, 1.54) is 30.4 Å². The molecule has 2 rings (SSSR count). The summed E-state index contributed by atoms with van der Waals surface area (Å²) < 4.78 is 0. The molecule has 3 atom stereocenters. The summed E-state index contributed by atoms with van der Waals surface area (Å²) >= 11 is 0. The van der Waals surface area contributed by atoms with Crippen molar-refractivity contribution in [3.8, 4) is 0 Å². The smallest absolute Gasteiger partial charge is 0.0447 e. The second-order valence-corrected chi connectivity index (χ2v) is 6.26. The summed E-state index contributed by atoms with van der Waals surface area (Å²) in [5.41, 5.74) is 2.83. The summed E-state index contributed by atoms with van der Waals surface area (Å²) in [6.07, 6.45) is 5.18. The zero-order valence-corrected chi connectivity index (χ0v) is 13.5. The lowest BCUT2D eigenvalue weighted by molar-refractivity contribution is 0.0920. The molecular weight excluding hydrogens is 244 g/mol. The molecule has 0 spiro atoms. The monoisotopic (exact) mass is 274 g/mol. The first kappa shape index (κ1) is 15.5. The molecular formula is C18H30N2. The number of rotatable bonds is 5. The van der Waals surface area contributed by atoms with Crippen LogP contribution in [0.1, 0.15) is 57.2 Å². The first-order chi connectivity index (χ1) is 9.65. The molecule has 2 heteroatoms. The Kier molecular flexibility index (Phi) is 5.62. The van der Waals surface area contributed by atoms with Crippen LogP contribution >= 0.6 is 0 Å². The Bertz CT molecular complexity index is 388. The van der Waals surface area contributed by atoms with Gasteiger partial charge in [-0.15, -0.1) is 0 Å². The van der Waals surface area contributed by atoms with Gasteiger partial charge in [0.15, 0.2) is 0 Å². The molecule has 1 unspecified atom stereocenters. The van der Waals surface area contributed by atoms with Crippen molar-refractivity contribution < 1.29 is 0 Å². The maximum atomic E-state index is 3.50. The van der Waals surface area contributed by atoms with Crippen molar-refractivity contribution in [2.75, 3.05) is 13.6 Å². The molecule has 1 N–H and O–H groups in total. The second-order valence-electron chi connectivity index (χ2n) is 6.26. The first-order valence-corrected chi connectivity index (χ1v) is 8.17. The fourth-order valence-electron chi connectivity index (χ4n) is 3.39. The standard InChI is InChI=1S/C18H30N2/c1-5-16-9-11-17(12-10-16)18(19-4)13-20-14(2)7-6-8-15(20)3/h9-12,14-15,18-19H,5-8,13H2,1-4H3/t14-,15+,18?. The first-order valence-electron chi connectivity index (χ1n) is 8.17. The molecule has 1 heterocycles. The zero-order valence-electron chi connectivity index (χ0n) is 13.5. The van der Waals surface area contributed by atoms with Gasteiger partial charge < -0.3 is 5.32 Å². The van der Waals surface area contributed by atoms with Gasteiger partial charge in [-0.2, -0.15) is 0 Å². The maximum absolute atomic E-state index is 3.50. The van der Waals surface area contributed by atoms with E-state index in [1.807, 2.05) is 0 Å². The Hall–Kier alpha value is -0.860. The number of piperidine rings is 1. The van der Waals surface area contributed by atoms with Crippen LogP contribution in [0.5, 0.6) is 0 Å². The maximum Gasteiger partial charge on any atom is 0.0447 e. The fourth-order valence-corrected chi connectivity index (χ4v) is 3.39. The molecule has 20 heavy (non-hydrogen) atoms. The fraction of sp³-hybridized carbons (Fsp3) is 0.667. The number of nitrogens with zero attached hydrogens (tertiary/aromatic N) is 1. The van der Waals surface area contributed by atoms with Crippen molar-refractivity contribution in [2.24, 2.45) is 0 Å². The minimum atomic E-state index is 0.434. The molecule has 0 bridgehead atoms. The van der Waals surface area contributed by atoms with Gasteiger partial charge in [0, 0.05) is 24.7 Å². The molecule has 1 aliphatic heterocycles. The highest BCUT2D eigenvalue weighted by Gasteiger charge is 2.26. The van der Waals surface area contributed by atoms with E-state index in [1.54, 1.807) is 0 Å². The number of hydrogen-bond acceptors (Lipinski definition) is 2. The number of likely N-dealkylation sites (tertiary alicyclic amines) is 1. The predicted octanol–water partition coefficient (Wildman–Crippen LogP) is 3.77. The average Bonchev–Trinajstić information content (AvgIpc) is 2.47. The number of hydrogen-bond donors (Lipinski definition) is 1. The molecule has 112 valence electrons. The molecule has 1 saturated heterocycles. The minimum absolute atomic E-state index is 0.434. The molecule has 1 aliphatic rings. The number of benzene rings is 1. The molecule has 0 saturated carbocycles. The molecule has 0 radical (unpaired) electrons. The highest BCUT2D eigenvalue weighted by Crippen LogP contribution is 2.25. The molecule has 0 aliphatic carbocycles. The molecule has 1 aromatic carbocycles. The summed E-state index contributed by atoms with van der Waals surface area (Å²) in [5, 5.41) is 3.50. The number of aryl methyl sites for hydroxylation is 1. The van der Waals surface area contributed by atoms with Crippen LogP contribution in [0, 0.1) is 0 Å². The molecule has 0 aromatic heterocycles. The van der Waals surface area contributed by atoms with Crippen LogP contribution in [0.15, 0.2) is 24.3 Å². The summed E-state index contributed by atoms with van der Waals surface area (Å²) in [7, 11) is 2.08. The summed E-state index contributed by atoms with van der Waals surface area (Å²) in [4.78, 5) is 2.68. The SMILES string of the molecule is CCc1ccc(C(CN2[C@H](C)CCC[C@@H]2C)NC)cc1. The van der Waals surface area contributed by atoms with Crippen LogP contribution in [-0.4, -0.2) is 30.6 Å². The van der Waals surface area contributed by atoms with Gasteiger partial charge in [-0.3, -0.25) is 4.90 Å². The van der Waals surface area contributed by atoms with Gasteiger partial charge in [0.25, 0.3) is 0 Å². The van der Waals surface area contributed by atoms with Crippen LogP contribution in [0.3, 0.4) is 0 Å². The van der Waals surface area contributed by atoms with Crippen LogP contribution in [-0.2, 0) is 6.42 Å². The van der Waals surface area contributed by atoms with Crippen LogP contribution < -0.4 is 5.32 Å². The quantitative estimate of drug-likeness (QED) is 0.879. The van der Waals surface area contributed by atoms with E-state index in [9.17, 15) is 0 Å². The summed E-state index contributed by atoms with van der Waals surface area (Å²) in [6, 6.07) is 11.0. The van der Waals surface area contributed by atoms with E-state index in [2.05, 4.69) is 62.3 Å². The van der Waals surface area contributed by atoms with Gasteiger partial charge in [-0.1, -0.05) is 37.6 Å². The Morgan fingerprint density at radius 2 is 1.75 bits per heavy atom. The third kappa shape index (κ3) is 3.62. The van der Waals surface area contributed by atoms with Crippen molar-refractivity contribution in [1.29, 1.82) is 0 Å². The van der Waals surface area contributed by atoms with Gasteiger partial charge in [-0.05, 0) is 51.3 Å². The zero-order chi connectivity index (χ0) is 14.5. The van der Waals surface area contributed by atoms with Crippen LogP contribution in [0.4, 0.5) is 0 Å².